The average Bonchev–Trinajstić information content (AvgIpc) is 3.17. The summed E-state index contributed by atoms with van der Waals surface area (Å²) in [7, 11) is 0. The number of nitrogens with zero attached hydrogens (tertiary/aromatic N) is 1. The minimum absolute atomic E-state index is 0. The number of carbonyl (C=O) groups is 2. The fourth-order valence-corrected chi connectivity index (χ4v) is 3.71. The Bertz CT molecular complexity index is 1110. The van der Waals surface area contributed by atoms with Gasteiger partial charge in [0.05, 0.1) is 10.7 Å². The molecule has 0 bridgehead atoms. The number of carbonyl (C=O) groups excluding carboxylic acids is 1. The summed E-state index contributed by atoms with van der Waals surface area (Å²) in [6, 6.07) is 12.3. The van der Waals surface area contributed by atoms with E-state index in [2.05, 4.69) is 10.4 Å². The Hall–Kier alpha value is -1.80. The summed E-state index contributed by atoms with van der Waals surface area (Å²) < 4.78 is 0. The second-order valence-electron chi connectivity index (χ2n) is 6.01. The van der Waals surface area contributed by atoms with Crippen LogP contribution in [0, 0.1) is 0 Å². The zero-order valence-corrected chi connectivity index (χ0v) is 15.3. The number of hydrogen-bond donors (Lipinski definition) is 3. The molecular weight excluding hydrogens is 412 g/mol. The van der Waals surface area contributed by atoms with E-state index in [1.165, 1.54) is 11.1 Å². The third-order valence-corrected chi connectivity index (χ3v) is 4.82. The van der Waals surface area contributed by atoms with Crippen LogP contribution in [0.5, 0.6) is 0 Å². The molecule has 1 aliphatic heterocycles. The van der Waals surface area contributed by atoms with Crippen molar-refractivity contribution in [3.8, 4) is 0 Å². The summed E-state index contributed by atoms with van der Waals surface area (Å²) in [6.45, 7) is 0.269. The summed E-state index contributed by atoms with van der Waals surface area (Å²) in [5.74, 6) is -1.40. The van der Waals surface area contributed by atoms with Gasteiger partial charge in [0.25, 0.3) is 5.91 Å². The number of nitrogens with one attached hydrogen (secondary N) is 2. The van der Waals surface area contributed by atoms with Gasteiger partial charge in [0.2, 0.25) is 0 Å². The first kappa shape index (κ1) is 20.9. The van der Waals surface area contributed by atoms with Crippen molar-refractivity contribution in [2.75, 3.05) is 11.6 Å². The second kappa shape index (κ2) is 8.29. The Morgan fingerprint density at radius 2 is 1.89 bits per heavy atom. The van der Waals surface area contributed by atoms with Gasteiger partial charge in [-0.1, -0.05) is 41.4 Å². The average molecular weight is 426 g/mol. The Morgan fingerprint density at radius 1 is 1.18 bits per heavy atom. The Kier molecular flexibility index (Phi) is 6.19. The van der Waals surface area contributed by atoms with Crippen molar-refractivity contribution in [3.63, 3.8) is 0 Å². The first-order valence-electron chi connectivity index (χ1n) is 8.03. The van der Waals surface area contributed by atoms with Gasteiger partial charge in [0.15, 0.2) is 0 Å². The van der Waals surface area contributed by atoms with Gasteiger partial charge in [-0.3, -0.25) is 4.79 Å². The zero-order chi connectivity index (χ0) is 19.1. The number of benzene rings is 2. The molecule has 1 saturated heterocycles. The van der Waals surface area contributed by atoms with Crippen molar-refractivity contribution in [2.24, 2.45) is 0 Å². The van der Waals surface area contributed by atoms with Crippen LogP contribution in [0.1, 0.15) is 16.1 Å². The van der Waals surface area contributed by atoms with E-state index in [1.54, 1.807) is 24.3 Å². The van der Waals surface area contributed by atoms with E-state index >= 15 is 0 Å². The number of hydrogen-bond acceptors (Lipinski definition) is 3. The number of aromatic nitrogens is 1. The standard InChI is InChI=1S/C19H13Cl2N3O3.Na.H/c20-11-7-14(21)16-13(17(19(26)27)23-15(16)8-11)6-10-9-22-24(18(10)25)12-4-2-1-3-5-12;;/h1-8,22-23H,9H2,(H,26,27);;/b10-6-;;. The summed E-state index contributed by atoms with van der Waals surface area (Å²) in [5, 5.41) is 12.2. The number of aromatic carboxylic acids is 1. The molecule has 3 N–H and O–H groups in total. The molecule has 1 amide bonds. The third kappa shape index (κ3) is 3.72. The molecule has 0 saturated carbocycles. The number of carboxylic acid groups (broad SMARTS) is 1. The van der Waals surface area contributed by atoms with Crippen LogP contribution < -0.4 is 10.4 Å². The van der Waals surface area contributed by atoms with Crippen LogP contribution in [0.4, 0.5) is 5.69 Å². The van der Waals surface area contributed by atoms with Crippen molar-refractivity contribution in [2.45, 2.75) is 0 Å². The Balaban J connectivity index is 0.00000225. The van der Waals surface area contributed by atoms with Crippen molar-refractivity contribution in [3.05, 3.63) is 69.3 Å². The van der Waals surface area contributed by atoms with E-state index in [-0.39, 0.29) is 47.7 Å². The third-order valence-electron chi connectivity index (χ3n) is 4.31. The molecule has 0 aliphatic carbocycles. The van der Waals surface area contributed by atoms with E-state index in [4.69, 9.17) is 23.2 Å². The predicted octanol–water partition coefficient (Wildman–Crippen LogP) is 3.46. The molecule has 4 rings (SSSR count). The van der Waals surface area contributed by atoms with Crippen LogP contribution in [0.25, 0.3) is 17.0 Å². The van der Waals surface area contributed by atoms with E-state index < -0.39 is 5.97 Å². The molecule has 1 aromatic heterocycles. The molecule has 0 atom stereocenters. The summed E-state index contributed by atoms with van der Waals surface area (Å²) in [5.41, 5.74) is 4.93. The fourth-order valence-electron chi connectivity index (χ4n) is 3.11. The van der Waals surface area contributed by atoms with Crippen LogP contribution in [-0.2, 0) is 4.79 Å². The van der Waals surface area contributed by atoms with Gasteiger partial charge in [-0.05, 0) is 30.3 Å². The van der Waals surface area contributed by atoms with Crippen LogP contribution in [-0.4, -0.2) is 58.1 Å². The van der Waals surface area contributed by atoms with Gasteiger partial charge in [-0.15, -0.1) is 0 Å². The van der Waals surface area contributed by atoms with Crippen LogP contribution in [0.2, 0.25) is 10.0 Å². The number of carboxylic acids is 1. The first-order valence-corrected chi connectivity index (χ1v) is 8.79. The number of fused-ring (bicyclic) bond motifs is 1. The molecular formula is C19H14Cl2N3NaO3. The van der Waals surface area contributed by atoms with Crippen molar-refractivity contribution >= 4 is 87.3 Å². The number of aromatic amines is 1. The van der Waals surface area contributed by atoms with Crippen molar-refractivity contribution in [1.29, 1.82) is 0 Å². The molecule has 1 fully saturated rings. The van der Waals surface area contributed by atoms with Gasteiger partial charge in [-0.2, -0.15) is 0 Å². The summed E-state index contributed by atoms with van der Waals surface area (Å²) >= 11 is 12.3. The van der Waals surface area contributed by atoms with Gasteiger partial charge >= 0.3 is 35.5 Å². The first-order chi connectivity index (χ1) is 13.0. The SMILES string of the molecule is O=C(O)c1[nH]c2cc(Cl)cc(Cl)c2c1/C=C1/CNN(c2ccccc2)C1=O.[NaH]. The van der Waals surface area contributed by atoms with Gasteiger partial charge in [-0.25, -0.2) is 15.2 Å². The van der Waals surface area contributed by atoms with E-state index in [0.29, 0.717) is 37.8 Å². The molecule has 0 spiro atoms. The molecule has 28 heavy (non-hydrogen) atoms. The van der Waals surface area contributed by atoms with Gasteiger partial charge < -0.3 is 10.1 Å². The van der Waals surface area contributed by atoms with E-state index in [9.17, 15) is 14.7 Å². The number of halogens is 2. The molecule has 9 heteroatoms. The molecule has 0 unspecified atom stereocenters. The van der Waals surface area contributed by atoms with Crippen molar-refractivity contribution in [1.82, 2.24) is 10.4 Å². The monoisotopic (exact) mass is 425 g/mol. The van der Waals surface area contributed by atoms with Crippen LogP contribution >= 0.6 is 23.2 Å². The molecule has 2 aromatic carbocycles. The molecule has 2 heterocycles. The summed E-state index contributed by atoms with van der Waals surface area (Å²) in [6.07, 6.45) is 1.56. The van der Waals surface area contributed by atoms with Crippen LogP contribution in [0.3, 0.4) is 0 Å². The van der Waals surface area contributed by atoms with E-state index in [0.717, 1.165) is 0 Å². The topological polar surface area (TPSA) is 85.4 Å². The molecule has 0 radical (unpaired) electrons. The second-order valence-corrected chi connectivity index (χ2v) is 6.85. The number of rotatable bonds is 3. The van der Waals surface area contributed by atoms with Crippen LogP contribution in [0.15, 0.2) is 48.0 Å². The normalized spacial score (nSPS) is 15.3. The maximum absolute atomic E-state index is 12.8. The number of amides is 1. The Labute approximate surface area is 192 Å². The fraction of sp³-hybridized carbons (Fsp3) is 0.0526. The number of para-hydroxylation sites is 1. The minimum atomic E-state index is -1.15. The molecule has 6 nitrogen and oxygen atoms in total. The summed E-state index contributed by atoms with van der Waals surface area (Å²) in [4.78, 5) is 27.3. The number of H-pyrrole nitrogens is 1. The number of anilines is 1. The number of hydrazine groups is 1. The Morgan fingerprint density at radius 3 is 2.57 bits per heavy atom. The maximum atomic E-state index is 12.8. The molecule has 1 aliphatic rings. The van der Waals surface area contributed by atoms with Crippen molar-refractivity contribution < 1.29 is 14.7 Å². The molecule has 138 valence electrons. The van der Waals surface area contributed by atoms with Gasteiger partial charge in [0.1, 0.15) is 5.69 Å². The molecule has 3 aromatic rings. The van der Waals surface area contributed by atoms with E-state index in [1.807, 2.05) is 18.2 Å². The van der Waals surface area contributed by atoms with Gasteiger partial charge in [0, 0.05) is 33.6 Å². The quantitative estimate of drug-likeness (QED) is 0.443. The zero-order valence-electron chi connectivity index (χ0n) is 13.8. The predicted molar refractivity (Wildman–Crippen MR) is 112 cm³/mol.